The Labute approximate surface area is 138 Å². The number of fused-ring (bicyclic) bond motifs is 1. The normalized spacial score (nSPS) is 14.3. The standard InChI is InChI=1S/C15H19N7O2/c1-3-12(23)22(16)9-7-21(8-9)11-6-19-14-13(20-11)10(5-18-14)15(24)17-4-2/h3,5-6,9H,1,4,7-8,16H2,2H3,(H,17,24)(H,18,19). The van der Waals surface area contributed by atoms with Crippen LogP contribution in [-0.4, -0.2) is 57.5 Å². The number of nitrogens with one attached hydrogen (secondary N) is 2. The van der Waals surface area contributed by atoms with Crippen LogP contribution >= 0.6 is 0 Å². The smallest absolute Gasteiger partial charge is 0.260 e. The third-order valence-electron chi connectivity index (χ3n) is 3.96. The van der Waals surface area contributed by atoms with Gasteiger partial charge in [-0.3, -0.25) is 14.6 Å². The largest absolute Gasteiger partial charge is 0.352 e. The van der Waals surface area contributed by atoms with Gasteiger partial charge in [0.1, 0.15) is 11.3 Å². The lowest BCUT2D eigenvalue weighted by Crippen LogP contribution is -2.63. The lowest BCUT2D eigenvalue weighted by molar-refractivity contribution is -0.129. The second-order valence-electron chi connectivity index (χ2n) is 5.50. The Morgan fingerprint density at radius 1 is 1.58 bits per heavy atom. The van der Waals surface area contributed by atoms with E-state index in [1.165, 1.54) is 11.1 Å². The maximum atomic E-state index is 12.1. The fraction of sp³-hybridized carbons (Fsp3) is 0.333. The Bertz CT molecular complexity index is 794. The van der Waals surface area contributed by atoms with Crippen molar-refractivity contribution in [2.45, 2.75) is 13.0 Å². The molecule has 0 radical (unpaired) electrons. The van der Waals surface area contributed by atoms with Crippen molar-refractivity contribution in [2.75, 3.05) is 24.5 Å². The molecular formula is C15H19N7O2. The van der Waals surface area contributed by atoms with Crippen molar-refractivity contribution >= 4 is 28.8 Å². The molecule has 0 bridgehead atoms. The number of nitrogens with zero attached hydrogens (tertiary/aromatic N) is 4. The van der Waals surface area contributed by atoms with E-state index in [0.717, 1.165) is 0 Å². The predicted octanol–water partition coefficient (Wildman–Crippen LogP) is -0.216. The first-order valence-electron chi connectivity index (χ1n) is 7.62. The van der Waals surface area contributed by atoms with E-state index in [0.29, 0.717) is 42.2 Å². The summed E-state index contributed by atoms with van der Waals surface area (Å²) >= 11 is 0. The number of anilines is 1. The lowest BCUT2D eigenvalue weighted by atomic mass is 10.1. The van der Waals surface area contributed by atoms with Crippen LogP contribution in [0.25, 0.3) is 11.2 Å². The molecule has 0 aromatic carbocycles. The Morgan fingerprint density at radius 2 is 2.33 bits per heavy atom. The van der Waals surface area contributed by atoms with Crippen LogP contribution in [0.4, 0.5) is 5.82 Å². The van der Waals surface area contributed by atoms with Gasteiger partial charge in [0.05, 0.1) is 17.8 Å². The number of amides is 2. The topological polar surface area (TPSA) is 120 Å². The van der Waals surface area contributed by atoms with Gasteiger partial charge >= 0.3 is 0 Å². The van der Waals surface area contributed by atoms with Crippen LogP contribution in [0.1, 0.15) is 17.3 Å². The Balaban J connectivity index is 1.77. The van der Waals surface area contributed by atoms with E-state index in [1.807, 2.05) is 11.8 Å². The molecule has 3 heterocycles. The van der Waals surface area contributed by atoms with Crippen LogP contribution in [-0.2, 0) is 4.79 Å². The highest BCUT2D eigenvalue weighted by Crippen LogP contribution is 2.23. The monoisotopic (exact) mass is 329 g/mol. The van der Waals surface area contributed by atoms with Crippen molar-refractivity contribution in [2.24, 2.45) is 5.84 Å². The molecule has 24 heavy (non-hydrogen) atoms. The highest BCUT2D eigenvalue weighted by molar-refractivity contribution is 6.04. The van der Waals surface area contributed by atoms with Gasteiger partial charge in [-0.05, 0) is 13.0 Å². The van der Waals surface area contributed by atoms with Gasteiger partial charge in [-0.15, -0.1) is 0 Å². The van der Waals surface area contributed by atoms with Crippen molar-refractivity contribution in [3.05, 3.63) is 30.6 Å². The summed E-state index contributed by atoms with van der Waals surface area (Å²) in [6, 6.07) is -0.0953. The number of carbonyl (C=O) groups is 2. The Morgan fingerprint density at radius 3 is 3.00 bits per heavy atom. The van der Waals surface area contributed by atoms with Crippen molar-refractivity contribution in [1.82, 2.24) is 25.3 Å². The zero-order chi connectivity index (χ0) is 17.3. The zero-order valence-electron chi connectivity index (χ0n) is 13.3. The highest BCUT2D eigenvalue weighted by atomic mass is 16.2. The van der Waals surface area contributed by atoms with E-state index in [-0.39, 0.29) is 17.9 Å². The molecule has 1 aliphatic rings. The molecule has 2 amide bonds. The maximum Gasteiger partial charge on any atom is 0.260 e. The van der Waals surface area contributed by atoms with E-state index in [9.17, 15) is 9.59 Å². The van der Waals surface area contributed by atoms with Crippen molar-refractivity contribution in [1.29, 1.82) is 0 Å². The molecule has 126 valence electrons. The molecular weight excluding hydrogens is 310 g/mol. The van der Waals surface area contributed by atoms with Crippen LogP contribution in [0.15, 0.2) is 25.0 Å². The summed E-state index contributed by atoms with van der Waals surface area (Å²) in [7, 11) is 0. The Kier molecular flexibility index (Phi) is 4.17. The number of hydrazine groups is 1. The van der Waals surface area contributed by atoms with E-state index in [4.69, 9.17) is 5.84 Å². The quantitative estimate of drug-likeness (QED) is 0.302. The number of H-pyrrole nitrogens is 1. The van der Waals surface area contributed by atoms with E-state index >= 15 is 0 Å². The molecule has 0 aliphatic carbocycles. The summed E-state index contributed by atoms with van der Waals surface area (Å²) in [5, 5.41) is 3.92. The van der Waals surface area contributed by atoms with E-state index in [2.05, 4.69) is 26.8 Å². The fourth-order valence-corrected chi connectivity index (χ4v) is 2.57. The molecule has 1 fully saturated rings. The molecule has 9 heteroatoms. The Hall–Kier alpha value is -2.94. The van der Waals surface area contributed by atoms with Gasteiger partial charge in [-0.2, -0.15) is 0 Å². The second kappa shape index (κ2) is 6.28. The minimum Gasteiger partial charge on any atom is -0.352 e. The van der Waals surface area contributed by atoms with Crippen LogP contribution in [0.5, 0.6) is 0 Å². The number of hydrogen-bond donors (Lipinski definition) is 3. The minimum absolute atomic E-state index is 0.0953. The van der Waals surface area contributed by atoms with Gasteiger partial charge in [-0.1, -0.05) is 6.58 Å². The molecule has 3 rings (SSSR count). The number of aromatic nitrogens is 3. The number of hydrogen-bond acceptors (Lipinski definition) is 6. The number of rotatable bonds is 5. The first kappa shape index (κ1) is 15.9. The first-order chi connectivity index (χ1) is 11.5. The third kappa shape index (κ3) is 2.69. The van der Waals surface area contributed by atoms with Crippen molar-refractivity contribution < 1.29 is 9.59 Å². The molecule has 0 saturated carbocycles. The number of aromatic amines is 1. The maximum absolute atomic E-state index is 12.1. The van der Waals surface area contributed by atoms with Gasteiger partial charge in [-0.25, -0.2) is 15.8 Å². The summed E-state index contributed by atoms with van der Waals surface area (Å²) in [4.78, 5) is 37.3. The average molecular weight is 329 g/mol. The summed E-state index contributed by atoms with van der Waals surface area (Å²) in [5.74, 6) is 5.87. The fourth-order valence-electron chi connectivity index (χ4n) is 2.57. The summed E-state index contributed by atoms with van der Waals surface area (Å²) in [5.41, 5.74) is 1.54. The molecule has 1 aliphatic heterocycles. The van der Waals surface area contributed by atoms with Gasteiger partial charge in [0.2, 0.25) is 0 Å². The van der Waals surface area contributed by atoms with Crippen LogP contribution < -0.4 is 16.1 Å². The molecule has 2 aromatic rings. The molecule has 1 saturated heterocycles. The number of nitrogens with two attached hydrogens (primary N) is 1. The third-order valence-corrected chi connectivity index (χ3v) is 3.96. The van der Waals surface area contributed by atoms with Gasteiger partial charge in [0, 0.05) is 25.8 Å². The van der Waals surface area contributed by atoms with E-state index < -0.39 is 0 Å². The summed E-state index contributed by atoms with van der Waals surface area (Å²) in [6.07, 6.45) is 4.42. The van der Waals surface area contributed by atoms with Gasteiger partial charge < -0.3 is 15.2 Å². The minimum atomic E-state index is -0.314. The zero-order valence-corrected chi connectivity index (χ0v) is 13.3. The molecule has 2 aromatic heterocycles. The summed E-state index contributed by atoms with van der Waals surface area (Å²) in [6.45, 7) is 6.92. The van der Waals surface area contributed by atoms with Crippen molar-refractivity contribution in [3.63, 3.8) is 0 Å². The predicted molar refractivity (Wildman–Crippen MR) is 89.1 cm³/mol. The molecule has 0 spiro atoms. The van der Waals surface area contributed by atoms with Crippen LogP contribution in [0.2, 0.25) is 0 Å². The van der Waals surface area contributed by atoms with Gasteiger partial charge in [0.25, 0.3) is 11.8 Å². The molecule has 9 nitrogen and oxygen atoms in total. The number of carbonyl (C=O) groups excluding carboxylic acids is 2. The average Bonchev–Trinajstić information content (AvgIpc) is 2.96. The molecule has 0 atom stereocenters. The highest BCUT2D eigenvalue weighted by Gasteiger charge is 2.33. The van der Waals surface area contributed by atoms with E-state index in [1.54, 1.807) is 12.4 Å². The lowest BCUT2D eigenvalue weighted by Gasteiger charge is -2.43. The first-order valence-corrected chi connectivity index (χ1v) is 7.62. The van der Waals surface area contributed by atoms with Crippen molar-refractivity contribution in [3.8, 4) is 0 Å². The molecule has 4 N–H and O–H groups in total. The van der Waals surface area contributed by atoms with Crippen LogP contribution in [0.3, 0.4) is 0 Å². The summed E-state index contributed by atoms with van der Waals surface area (Å²) < 4.78 is 0. The SMILES string of the molecule is C=CC(=O)N(N)C1CN(c2cnc3[nH]cc(C(=O)NCC)c3n2)C1. The molecule has 0 unspecified atom stereocenters. The second-order valence-corrected chi connectivity index (χ2v) is 5.50. The van der Waals surface area contributed by atoms with Gasteiger partial charge in [0.15, 0.2) is 5.65 Å². The van der Waals surface area contributed by atoms with Crippen LogP contribution in [0, 0.1) is 0 Å².